The minimum Gasteiger partial charge on any atom is -0.353 e. The van der Waals surface area contributed by atoms with E-state index in [0.29, 0.717) is 23.6 Å². The Labute approximate surface area is 205 Å². The van der Waals surface area contributed by atoms with Crippen molar-refractivity contribution in [3.63, 3.8) is 0 Å². The lowest BCUT2D eigenvalue weighted by Gasteiger charge is -2.35. The minimum absolute atomic E-state index is 0.0312. The average molecular weight is 502 g/mol. The molecule has 0 aliphatic carbocycles. The summed E-state index contributed by atoms with van der Waals surface area (Å²) in [5.41, 5.74) is 1.71. The number of sulfonamides is 1. The number of aromatic nitrogens is 2. The number of benzene rings is 2. The Morgan fingerprint density at radius 1 is 1.15 bits per heavy atom. The van der Waals surface area contributed by atoms with Crippen molar-refractivity contribution in [2.24, 2.45) is 0 Å². The number of fused-ring (bicyclic) bond motifs is 1. The second-order valence-electron chi connectivity index (χ2n) is 8.64. The van der Waals surface area contributed by atoms with Crippen molar-refractivity contribution in [1.29, 1.82) is 0 Å². The highest BCUT2D eigenvalue weighted by molar-refractivity contribution is 7.89. The lowest BCUT2D eigenvalue weighted by atomic mass is 10.0. The number of piperidine rings is 1. The molecule has 3 aromatic rings. The summed E-state index contributed by atoms with van der Waals surface area (Å²) in [5.74, 6) is -0.332. The van der Waals surface area contributed by atoms with Gasteiger partial charge in [0.15, 0.2) is 0 Å². The molecule has 4 rings (SSSR count). The zero-order valence-corrected chi connectivity index (χ0v) is 20.9. The highest BCUT2D eigenvalue weighted by Gasteiger charge is 2.28. The Hall–Kier alpha value is -2.40. The number of carbonyl (C=O) groups is 1. The molecule has 0 unspecified atom stereocenters. The van der Waals surface area contributed by atoms with Gasteiger partial charge in [-0.15, -0.1) is 0 Å². The fraction of sp³-hybridized carbons (Fsp3) is 0.458. The third kappa shape index (κ3) is 5.99. The molecule has 2 N–H and O–H groups in total. The number of hydrogen-bond acceptors (Lipinski definition) is 7. The number of nitrogens with zero attached hydrogens (tertiary/aromatic N) is 3. The van der Waals surface area contributed by atoms with E-state index in [4.69, 9.17) is 0 Å². The van der Waals surface area contributed by atoms with Crippen molar-refractivity contribution in [2.75, 3.05) is 19.6 Å². The van der Waals surface area contributed by atoms with Crippen LogP contribution in [0, 0.1) is 0 Å². The van der Waals surface area contributed by atoms with Gasteiger partial charge in [0.1, 0.15) is 22.0 Å². The van der Waals surface area contributed by atoms with E-state index in [1.807, 2.05) is 30.3 Å². The van der Waals surface area contributed by atoms with Gasteiger partial charge in [0, 0.05) is 19.1 Å². The fourth-order valence-electron chi connectivity index (χ4n) is 4.55. The SMILES string of the molecule is CC[C@@H]1CCCCN1CCNC(=O)[C@H](Cc1ccccc1)NS(=O)(=O)c1cccc2nsnc12. The quantitative estimate of drug-likeness (QED) is 0.443. The Bertz CT molecular complexity index is 1200. The summed E-state index contributed by atoms with van der Waals surface area (Å²) in [6.45, 7) is 4.48. The molecular formula is C24H31N5O3S2. The standard InChI is InChI=1S/C24H31N5O3S2/c1-2-19-11-6-7-15-29(19)16-14-25-24(30)21(17-18-9-4-3-5-10-18)28-34(31,32)22-13-8-12-20-23(22)27-33-26-20/h3-5,8-10,12-13,19,21,28H,2,6-7,11,14-17H2,1H3,(H,25,30)/t19-,21+/m1/s1. The summed E-state index contributed by atoms with van der Waals surface area (Å²) in [4.78, 5) is 15.6. The van der Waals surface area contributed by atoms with Crippen LogP contribution in [0.25, 0.3) is 11.0 Å². The van der Waals surface area contributed by atoms with Crippen molar-refractivity contribution >= 4 is 38.7 Å². The van der Waals surface area contributed by atoms with Crippen molar-refractivity contribution < 1.29 is 13.2 Å². The second kappa shape index (κ2) is 11.4. The predicted octanol–water partition coefficient (Wildman–Crippen LogP) is 2.96. The molecule has 34 heavy (non-hydrogen) atoms. The van der Waals surface area contributed by atoms with E-state index >= 15 is 0 Å². The van der Waals surface area contributed by atoms with Gasteiger partial charge in [0.05, 0.1) is 11.7 Å². The van der Waals surface area contributed by atoms with Crippen LogP contribution in [0.15, 0.2) is 53.4 Å². The van der Waals surface area contributed by atoms with Gasteiger partial charge in [0.25, 0.3) is 0 Å². The molecule has 10 heteroatoms. The fourth-order valence-corrected chi connectivity index (χ4v) is 6.51. The number of rotatable bonds is 10. The number of likely N-dealkylation sites (tertiary alicyclic amines) is 1. The molecule has 2 atom stereocenters. The van der Waals surface area contributed by atoms with Crippen LogP contribution >= 0.6 is 11.7 Å². The molecule has 1 amide bonds. The van der Waals surface area contributed by atoms with Gasteiger partial charge in [-0.2, -0.15) is 13.5 Å². The van der Waals surface area contributed by atoms with Crippen LogP contribution in [-0.2, 0) is 21.2 Å². The van der Waals surface area contributed by atoms with E-state index in [-0.39, 0.29) is 17.2 Å². The Kier molecular flexibility index (Phi) is 8.25. The zero-order valence-electron chi connectivity index (χ0n) is 19.3. The van der Waals surface area contributed by atoms with Crippen LogP contribution < -0.4 is 10.0 Å². The van der Waals surface area contributed by atoms with Gasteiger partial charge in [-0.25, -0.2) is 8.42 Å². The molecule has 0 saturated carbocycles. The molecule has 0 bridgehead atoms. The summed E-state index contributed by atoms with van der Waals surface area (Å²) in [5, 5.41) is 2.97. The second-order valence-corrected chi connectivity index (χ2v) is 10.8. The first-order chi connectivity index (χ1) is 16.5. The first kappa shape index (κ1) is 24.7. The maximum atomic E-state index is 13.3. The van der Waals surface area contributed by atoms with Crippen LogP contribution in [0.4, 0.5) is 0 Å². The maximum Gasteiger partial charge on any atom is 0.243 e. The molecule has 0 spiro atoms. The van der Waals surface area contributed by atoms with Crippen LogP contribution in [0.3, 0.4) is 0 Å². The molecule has 0 radical (unpaired) electrons. The van der Waals surface area contributed by atoms with E-state index in [0.717, 1.165) is 36.8 Å². The van der Waals surface area contributed by atoms with Crippen molar-refractivity contribution in [1.82, 2.24) is 23.7 Å². The van der Waals surface area contributed by atoms with Crippen molar-refractivity contribution in [3.05, 3.63) is 54.1 Å². The smallest absolute Gasteiger partial charge is 0.243 e. The van der Waals surface area contributed by atoms with Gasteiger partial charge in [-0.1, -0.05) is 49.7 Å². The molecule has 1 aromatic heterocycles. The molecule has 1 aliphatic rings. The maximum absolute atomic E-state index is 13.3. The topological polar surface area (TPSA) is 104 Å². The normalized spacial score (nSPS) is 18.1. The molecule has 2 aromatic carbocycles. The third-order valence-corrected chi connectivity index (χ3v) is 8.40. The van der Waals surface area contributed by atoms with Crippen LogP contribution in [0.1, 0.15) is 38.2 Å². The Morgan fingerprint density at radius 2 is 1.97 bits per heavy atom. The highest BCUT2D eigenvalue weighted by atomic mass is 32.2. The number of nitrogens with one attached hydrogen (secondary N) is 2. The highest BCUT2D eigenvalue weighted by Crippen LogP contribution is 2.22. The number of carbonyl (C=O) groups excluding carboxylic acids is 1. The van der Waals surface area contributed by atoms with Crippen molar-refractivity contribution in [2.45, 2.75) is 56.0 Å². The Balaban J connectivity index is 1.48. The first-order valence-electron chi connectivity index (χ1n) is 11.8. The molecule has 1 saturated heterocycles. The van der Waals surface area contributed by atoms with E-state index in [2.05, 4.69) is 30.6 Å². The summed E-state index contributed by atoms with van der Waals surface area (Å²) in [6.07, 6.45) is 4.97. The van der Waals surface area contributed by atoms with Crippen molar-refractivity contribution in [3.8, 4) is 0 Å². The average Bonchev–Trinajstić information content (AvgIpc) is 3.33. The summed E-state index contributed by atoms with van der Waals surface area (Å²) in [7, 11) is -4.00. The summed E-state index contributed by atoms with van der Waals surface area (Å²) < 4.78 is 37.5. The van der Waals surface area contributed by atoms with E-state index in [1.165, 1.54) is 25.3 Å². The van der Waals surface area contributed by atoms with Crippen LogP contribution in [-0.4, -0.2) is 59.7 Å². The van der Waals surface area contributed by atoms with Gasteiger partial charge in [0.2, 0.25) is 15.9 Å². The zero-order chi connectivity index (χ0) is 24.0. The monoisotopic (exact) mass is 501 g/mol. The Morgan fingerprint density at radius 3 is 2.76 bits per heavy atom. The van der Waals surface area contributed by atoms with E-state index in [1.54, 1.807) is 12.1 Å². The van der Waals surface area contributed by atoms with Gasteiger partial charge >= 0.3 is 0 Å². The third-order valence-electron chi connectivity index (χ3n) is 6.35. The first-order valence-corrected chi connectivity index (χ1v) is 14.0. The largest absolute Gasteiger partial charge is 0.353 e. The lowest BCUT2D eigenvalue weighted by molar-refractivity contribution is -0.122. The molecule has 182 valence electrons. The summed E-state index contributed by atoms with van der Waals surface area (Å²) >= 11 is 0.961. The molecule has 1 fully saturated rings. The number of hydrogen-bond donors (Lipinski definition) is 2. The predicted molar refractivity (Wildman–Crippen MR) is 134 cm³/mol. The van der Waals surface area contributed by atoms with Crippen LogP contribution in [0.5, 0.6) is 0 Å². The van der Waals surface area contributed by atoms with Crippen LogP contribution in [0.2, 0.25) is 0 Å². The summed E-state index contributed by atoms with van der Waals surface area (Å²) in [6, 6.07) is 13.9. The van der Waals surface area contributed by atoms with Gasteiger partial charge in [-0.05, 0) is 49.9 Å². The van der Waals surface area contributed by atoms with Gasteiger partial charge in [-0.3, -0.25) is 9.69 Å². The molecule has 1 aliphatic heterocycles. The molecule has 2 heterocycles. The molecule has 8 nitrogen and oxygen atoms in total. The van der Waals surface area contributed by atoms with E-state index < -0.39 is 16.1 Å². The lowest BCUT2D eigenvalue weighted by Crippen LogP contribution is -2.50. The molecular weight excluding hydrogens is 470 g/mol. The minimum atomic E-state index is -4.00. The number of amides is 1. The van der Waals surface area contributed by atoms with E-state index in [9.17, 15) is 13.2 Å². The van der Waals surface area contributed by atoms with Gasteiger partial charge < -0.3 is 5.32 Å².